The summed E-state index contributed by atoms with van der Waals surface area (Å²) in [5.74, 6) is -1.54. The Hall–Kier alpha value is -4.08. The number of ether oxygens (including phenoxy) is 2. The van der Waals surface area contributed by atoms with Gasteiger partial charge in [-0.3, -0.25) is 9.59 Å². The van der Waals surface area contributed by atoms with Gasteiger partial charge in [-0.05, 0) is 54.4 Å². The molecule has 43 heavy (non-hydrogen) atoms. The van der Waals surface area contributed by atoms with Gasteiger partial charge < -0.3 is 19.7 Å². The standard InChI is InChI=1S/C33H40F2N4O4/c1-5-42-27(40)20-36-32(41)29-30(43-21-23-9-7-6-8-10-23)28(31(34)35)37-26(38-29)19-22-15-17-39(18-16-22)25-13-11-24(12-14-25)33(2,3)4/h6-14,22,31H,5,15-21H2,1-4H3,(H,36,41). The van der Waals surface area contributed by atoms with Crippen LogP contribution in [0.1, 0.15) is 80.1 Å². The minimum Gasteiger partial charge on any atom is -0.484 e. The van der Waals surface area contributed by atoms with Crippen LogP contribution in [0.3, 0.4) is 0 Å². The molecule has 10 heteroatoms. The van der Waals surface area contributed by atoms with E-state index in [-0.39, 0.29) is 36.1 Å². The summed E-state index contributed by atoms with van der Waals surface area (Å²) in [6.45, 7) is 9.49. The van der Waals surface area contributed by atoms with Crippen molar-refractivity contribution in [1.82, 2.24) is 15.3 Å². The highest BCUT2D eigenvalue weighted by atomic mass is 19.3. The van der Waals surface area contributed by atoms with Crippen molar-refractivity contribution in [3.8, 4) is 5.75 Å². The molecule has 4 rings (SSSR count). The molecule has 1 fully saturated rings. The van der Waals surface area contributed by atoms with Gasteiger partial charge in [0.1, 0.15) is 19.0 Å². The number of piperidine rings is 1. The van der Waals surface area contributed by atoms with Crippen LogP contribution in [-0.4, -0.2) is 48.1 Å². The number of hydrogen-bond acceptors (Lipinski definition) is 7. The summed E-state index contributed by atoms with van der Waals surface area (Å²) in [5, 5.41) is 2.42. The number of nitrogens with zero attached hydrogens (tertiary/aromatic N) is 3. The molecule has 0 saturated carbocycles. The fraction of sp³-hybridized carbons (Fsp3) is 0.455. The SMILES string of the molecule is CCOC(=O)CNC(=O)c1nc(CC2CCN(c3ccc(C(C)(C)C)cc3)CC2)nc(C(F)F)c1OCc1ccccc1. The van der Waals surface area contributed by atoms with Gasteiger partial charge in [0.15, 0.2) is 17.1 Å². The zero-order valence-electron chi connectivity index (χ0n) is 25.2. The van der Waals surface area contributed by atoms with Crippen molar-refractivity contribution < 1.29 is 27.8 Å². The molecular formula is C33H40F2N4O4. The number of esters is 1. The van der Waals surface area contributed by atoms with Crippen LogP contribution in [0, 0.1) is 5.92 Å². The molecular weight excluding hydrogens is 554 g/mol. The second-order valence-corrected chi connectivity index (χ2v) is 11.7. The van der Waals surface area contributed by atoms with Gasteiger partial charge in [-0.15, -0.1) is 0 Å². The van der Waals surface area contributed by atoms with Crippen molar-refractivity contribution in [2.24, 2.45) is 5.92 Å². The fourth-order valence-corrected chi connectivity index (χ4v) is 5.05. The van der Waals surface area contributed by atoms with Crippen LogP contribution >= 0.6 is 0 Å². The Morgan fingerprint density at radius 2 is 1.70 bits per heavy atom. The Morgan fingerprint density at radius 3 is 2.30 bits per heavy atom. The van der Waals surface area contributed by atoms with E-state index in [0.717, 1.165) is 37.2 Å². The summed E-state index contributed by atoms with van der Waals surface area (Å²) < 4.78 is 39.3. The predicted octanol–water partition coefficient (Wildman–Crippen LogP) is 6.04. The summed E-state index contributed by atoms with van der Waals surface area (Å²) in [6.07, 6.45) is -1.01. The Kier molecular flexibility index (Phi) is 10.7. The molecule has 1 saturated heterocycles. The van der Waals surface area contributed by atoms with Crippen LogP contribution < -0.4 is 15.0 Å². The molecule has 0 radical (unpaired) electrons. The minimum absolute atomic E-state index is 0.0589. The molecule has 0 atom stereocenters. The third-order valence-corrected chi connectivity index (χ3v) is 7.47. The van der Waals surface area contributed by atoms with Crippen LogP contribution in [0.5, 0.6) is 5.75 Å². The van der Waals surface area contributed by atoms with Gasteiger partial charge in [0.05, 0.1) is 6.61 Å². The summed E-state index contributed by atoms with van der Waals surface area (Å²) in [5.41, 5.74) is 2.28. The number of nitrogens with one attached hydrogen (secondary N) is 1. The maximum atomic E-state index is 14.3. The second kappa shape index (κ2) is 14.4. The van der Waals surface area contributed by atoms with Crippen LogP contribution in [0.25, 0.3) is 0 Å². The number of alkyl halides is 2. The van der Waals surface area contributed by atoms with Gasteiger partial charge in [0.25, 0.3) is 12.3 Å². The Bertz CT molecular complexity index is 1370. The minimum atomic E-state index is -3.00. The number of aromatic nitrogens is 2. The number of anilines is 1. The van der Waals surface area contributed by atoms with Gasteiger partial charge in [-0.25, -0.2) is 18.7 Å². The number of rotatable bonds is 11. The molecule has 230 valence electrons. The molecule has 0 unspecified atom stereocenters. The summed E-state index contributed by atoms with van der Waals surface area (Å²) in [6, 6.07) is 17.6. The normalized spacial score (nSPS) is 14.1. The Labute approximate surface area is 251 Å². The highest BCUT2D eigenvalue weighted by molar-refractivity contribution is 5.96. The average molecular weight is 595 g/mol. The molecule has 1 aliphatic rings. The van der Waals surface area contributed by atoms with Crippen LogP contribution in [0.15, 0.2) is 54.6 Å². The molecule has 1 N–H and O–H groups in total. The maximum Gasteiger partial charge on any atom is 0.325 e. The third kappa shape index (κ3) is 8.72. The topological polar surface area (TPSA) is 93.6 Å². The first-order valence-electron chi connectivity index (χ1n) is 14.7. The van der Waals surface area contributed by atoms with Gasteiger partial charge >= 0.3 is 5.97 Å². The molecule has 0 bridgehead atoms. The Morgan fingerprint density at radius 1 is 1.02 bits per heavy atom. The van der Waals surface area contributed by atoms with E-state index in [4.69, 9.17) is 9.47 Å². The largest absolute Gasteiger partial charge is 0.484 e. The molecule has 3 aromatic rings. The van der Waals surface area contributed by atoms with E-state index in [9.17, 15) is 18.4 Å². The first kappa shape index (κ1) is 31.8. The van der Waals surface area contributed by atoms with Crippen molar-refractivity contribution in [2.75, 3.05) is 31.1 Å². The molecule has 1 aliphatic heterocycles. The second-order valence-electron chi connectivity index (χ2n) is 11.7. The van der Waals surface area contributed by atoms with Crippen LogP contribution in [0.2, 0.25) is 0 Å². The molecule has 2 aromatic carbocycles. The van der Waals surface area contributed by atoms with Crippen molar-refractivity contribution in [1.29, 1.82) is 0 Å². The highest BCUT2D eigenvalue weighted by Gasteiger charge is 2.29. The van der Waals surface area contributed by atoms with E-state index < -0.39 is 36.3 Å². The quantitative estimate of drug-likeness (QED) is 0.271. The lowest BCUT2D eigenvalue weighted by Crippen LogP contribution is -2.35. The zero-order valence-corrected chi connectivity index (χ0v) is 25.2. The number of carbonyl (C=O) groups is 2. The molecule has 0 aliphatic carbocycles. The average Bonchev–Trinajstić information content (AvgIpc) is 2.99. The monoisotopic (exact) mass is 594 g/mol. The van der Waals surface area contributed by atoms with Crippen molar-refractivity contribution in [3.63, 3.8) is 0 Å². The van der Waals surface area contributed by atoms with Gasteiger partial charge in [0.2, 0.25) is 0 Å². The highest BCUT2D eigenvalue weighted by Crippen LogP contribution is 2.33. The number of carbonyl (C=O) groups excluding carboxylic acids is 2. The zero-order chi connectivity index (χ0) is 31.0. The molecule has 8 nitrogen and oxygen atoms in total. The van der Waals surface area contributed by atoms with E-state index in [2.05, 4.69) is 65.2 Å². The van der Waals surface area contributed by atoms with E-state index >= 15 is 0 Å². The predicted molar refractivity (Wildman–Crippen MR) is 161 cm³/mol. The Balaban J connectivity index is 1.51. The van der Waals surface area contributed by atoms with Gasteiger partial charge in [-0.2, -0.15) is 0 Å². The number of benzene rings is 2. The smallest absolute Gasteiger partial charge is 0.325 e. The summed E-state index contributed by atoms with van der Waals surface area (Å²) in [4.78, 5) is 35.9. The van der Waals surface area contributed by atoms with Crippen molar-refractivity contribution in [2.45, 2.75) is 65.4 Å². The molecule has 2 heterocycles. The summed E-state index contributed by atoms with van der Waals surface area (Å²) in [7, 11) is 0. The fourth-order valence-electron chi connectivity index (χ4n) is 5.05. The lowest BCUT2D eigenvalue weighted by molar-refractivity contribution is -0.141. The number of hydrogen-bond donors (Lipinski definition) is 1. The molecule has 0 spiro atoms. The third-order valence-electron chi connectivity index (χ3n) is 7.47. The maximum absolute atomic E-state index is 14.3. The van der Waals surface area contributed by atoms with E-state index in [1.54, 1.807) is 31.2 Å². The lowest BCUT2D eigenvalue weighted by atomic mass is 9.87. The summed E-state index contributed by atoms with van der Waals surface area (Å²) >= 11 is 0. The van der Waals surface area contributed by atoms with E-state index in [1.807, 2.05) is 6.07 Å². The van der Waals surface area contributed by atoms with E-state index in [0.29, 0.717) is 6.42 Å². The van der Waals surface area contributed by atoms with E-state index in [1.165, 1.54) is 5.56 Å². The van der Waals surface area contributed by atoms with Gasteiger partial charge in [-0.1, -0.05) is 63.2 Å². The van der Waals surface area contributed by atoms with Crippen LogP contribution in [-0.2, 0) is 28.0 Å². The lowest BCUT2D eigenvalue weighted by Gasteiger charge is -2.34. The van der Waals surface area contributed by atoms with Crippen LogP contribution in [0.4, 0.5) is 14.5 Å². The first-order chi connectivity index (χ1) is 20.5. The molecule has 1 amide bonds. The van der Waals surface area contributed by atoms with Crippen molar-refractivity contribution in [3.05, 3.63) is 82.9 Å². The van der Waals surface area contributed by atoms with Gasteiger partial charge in [0, 0.05) is 25.2 Å². The number of halogens is 2. The molecule has 1 aromatic heterocycles. The number of amides is 1. The van der Waals surface area contributed by atoms with Crippen molar-refractivity contribution >= 4 is 17.6 Å². The first-order valence-corrected chi connectivity index (χ1v) is 14.7.